The highest BCUT2D eigenvalue weighted by atomic mass is 19.4. The van der Waals surface area contributed by atoms with Crippen molar-refractivity contribution in [1.29, 1.82) is 0 Å². The van der Waals surface area contributed by atoms with E-state index in [2.05, 4.69) is 5.48 Å². The Labute approximate surface area is 121 Å². The second-order valence-electron chi connectivity index (χ2n) is 4.53. The molecule has 112 valence electrons. The second-order valence-corrected chi connectivity index (χ2v) is 4.53. The van der Waals surface area contributed by atoms with Crippen molar-refractivity contribution in [2.24, 2.45) is 0 Å². The van der Waals surface area contributed by atoms with Gasteiger partial charge in [-0.25, -0.2) is 5.48 Å². The van der Waals surface area contributed by atoms with Gasteiger partial charge in [0.25, 0.3) is 0 Å². The van der Waals surface area contributed by atoms with Gasteiger partial charge in [-0.1, -0.05) is 49.4 Å². The highest BCUT2D eigenvalue weighted by Gasteiger charge is 2.30. The van der Waals surface area contributed by atoms with E-state index in [-0.39, 0.29) is 0 Å². The molecule has 0 bridgehead atoms. The molecule has 0 aromatic heterocycles. The average molecular weight is 295 g/mol. The molecule has 5 heteroatoms. The Bertz CT molecular complexity index is 552. The lowest BCUT2D eigenvalue weighted by Crippen LogP contribution is -2.19. The third-order valence-corrected chi connectivity index (χ3v) is 2.99. The summed E-state index contributed by atoms with van der Waals surface area (Å²) in [6.45, 7) is 2.48. The Kier molecular flexibility index (Phi) is 4.98. The zero-order valence-corrected chi connectivity index (χ0v) is 11.5. The van der Waals surface area contributed by atoms with Crippen LogP contribution in [0.5, 0.6) is 0 Å². The molecule has 2 nitrogen and oxygen atoms in total. The van der Waals surface area contributed by atoms with Gasteiger partial charge in [-0.2, -0.15) is 13.2 Å². The van der Waals surface area contributed by atoms with Gasteiger partial charge >= 0.3 is 6.18 Å². The van der Waals surface area contributed by atoms with E-state index in [1.807, 2.05) is 37.3 Å². The van der Waals surface area contributed by atoms with E-state index in [4.69, 9.17) is 4.84 Å². The molecule has 21 heavy (non-hydrogen) atoms. The largest absolute Gasteiger partial charge is 0.416 e. The van der Waals surface area contributed by atoms with Crippen molar-refractivity contribution in [2.75, 3.05) is 6.54 Å². The lowest BCUT2D eigenvalue weighted by Gasteiger charge is -2.19. The number of hydrogen-bond donors (Lipinski definition) is 1. The summed E-state index contributed by atoms with van der Waals surface area (Å²) in [4.78, 5) is 5.56. The zero-order chi connectivity index (χ0) is 15.3. The van der Waals surface area contributed by atoms with Crippen LogP contribution in [0.15, 0.2) is 54.6 Å². The Morgan fingerprint density at radius 1 is 0.952 bits per heavy atom. The van der Waals surface area contributed by atoms with Gasteiger partial charge in [0.05, 0.1) is 5.56 Å². The molecule has 2 aromatic carbocycles. The third-order valence-electron chi connectivity index (χ3n) is 2.99. The fraction of sp³-hybridized carbons (Fsp3) is 0.250. The minimum Gasteiger partial charge on any atom is -0.289 e. The molecule has 2 rings (SSSR count). The highest BCUT2D eigenvalue weighted by molar-refractivity contribution is 5.32. The third kappa shape index (κ3) is 4.06. The molecular formula is C16H16F3NO. The summed E-state index contributed by atoms with van der Waals surface area (Å²) < 4.78 is 37.8. The van der Waals surface area contributed by atoms with Gasteiger partial charge < -0.3 is 0 Å². The van der Waals surface area contributed by atoms with Crippen LogP contribution in [0.2, 0.25) is 0 Å². The first kappa shape index (κ1) is 15.5. The molecule has 0 fully saturated rings. The first-order valence-corrected chi connectivity index (χ1v) is 6.63. The van der Waals surface area contributed by atoms with E-state index in [9.17, 15) is 13.2 Å². The summed E-state index contributed by atoms with van der Waals surface area (Å²) in [5, 5.41) is 0. The number of rotatable bonds is 5. The van der Waals surface area contributed by atoms with E-state index in [0.717, 1.165) is 17.7 Å². The molecule has 0 saturated heterocycles. The molecule has 1 unspecified atom stereocenters. The Morgan fingerprint density at radius 3 is 2.05 bits per heavy atom. The predicted molar refractivity (Wildman–Crippen MR) is 74.5 cm³/mol. The van der Waals surface area contributed by atoms with Gasteiger partial charge in [0, 0.05) is 6.54 Å². The summed E-state index contributed by atoms with van der Waals surface area (Å²) in [7, 11) is 0. The van der Waals surface area contributed by atoms with Crippen molar-refractivity contribution in [3.8, 4) is 0 Å². The van der Waals surface area contributed by atoms with Crippen LogP contribution < -0.4 is 5.48 Å². The standard InChI is InChI=1S/C16H16F3NO/c1-2-20-21-15(12-6-4-3-5-7-12)13-8-10-14(11-9-13)16(17,18)19/h3-11,15,20H,2H2,1H3. The Morgan fingerprint density at radius 2 is 1.52 bits per heavy atom. The molecule has 0 aliphatic heterocycles. The van der Waals surface area contributed by atoms with Crippen LogP contribution in [0.3, 0.4) is 0 Å². The molecule has 0 saturated carbocycles. The Balaban J connectivity index is 2.29. The molecule has 1 N–H and O–H groups in total. The summed E-state index contributed by atoms with van der Waals surface area (Å²) in [6.07, 6.45) is -4.78. The minimum atomic E-state index is -4.33. The van der Waals surface area contributed by atoms with Crippen LogP contribution >= 0.6 is 0 Å². The van der Waals surface area contributed by atoms with Crippen LogP contribution in [-0.4, -0.2) is 6.54 Å². The van der Waals surface area contributed by atoms with E-state index < -0.39 is 17.8 Å². The van der Waals surface area contributed by atoms with Gasteiger partial charge in [-0.15, -0.1) is 0 Å². The van der Waals surface area contributed by atoms with Crippen molar-refractivity contribution < 1.29 is 18.0 Å². The molecule has 1 atom stereocenters. The van der Waals surface area contributed by atoms with Gasteiger partial charge in [0.15, 0.2) is 0 Å². The number of hydrogen-bond acceptors (Lipinski definition) is 2. The van der Waals surface area contributed by atoms with Gasteiger partial charge in [-0.3, -0.25) is 4.84 Å². The van der Waals surface area contributed by atoms with Gasteiger partial charge in [-0.05, 0) is 23.3 Å². The number of alkyl halides is 3. The fourth-order valence-corrected chi connectivity index (χ4v) is 1.97. The van der Waals surface area contributed by atoms with Crippen LogP contribution in [0.25, 0.3) is 0 Å². The maximum Gasteiger partial charge on any atom is 0.416 e. The lowest BCUT2D eigenvalue weighted by molar-refractivity contribution is -0.137. The van der Waals surface area contributed by atoms with E-state index >= 15 is 0 Å². The summed E-state index contributed by atoms with van der Waals surface area (Å²) in [5.41, 5.74) is 3.64. The predicted octanol–water partition coefficient (Wildman–Crippen LogP) is 4.34. The number of halogens is 3. The molecule has 0 amide bonds. The molecule has 0 spiro atoms. The van der Waals surface area contributed by atoms with Crippen molar-refractivity contribution >= 4 is 0 Å². The maximum atomic E-state index is 12.6. The SMILES string of the molecule is CCNOC(c1ccccc1)c1ccc(C(F)(F)F)cc1. The summed E-state index contributed by atoms with van der Waals surface area (Å²) in [6, 6.07) is 14.4. The smallest absolute Gasteiger partial charge is 0.289 e. The van der Waals surface area contributed by atoms with Crippen LogP contribution in [0.1, 0.15) is 29.7 Å². The monoisotopic (exact) mass is 295 g/mol. The van der Waals surface area contributed by atoms with Crippen molar-refractivity contribution in [1.82, 2.24) is 5.48 Å². The quantitative estimate of drug-likeness (QED) is 0.829. The molecule has 0 radical (unpaired) electrons. The Hall–Kier alpha value is -1.85. The molecule has 0 aliphatic rings. The highest BCUT2D eigenvalue weighted by Crippen LogP contribution is 2.31. The van der Waals surface area contributed by atoms with Gasteiger partial charge in [0.1, 0.15) is 6.10 Å². The van der Waals surface area contributed by atoms with Crippen LogP contribution in [-0.2, 0) is 11.0 Å². The van der Waals surface area contributed by atoms with E-state index in [1.165, 1.54) is 12.1 Å². The zero-order valence-electron chi connectivity index (χ0n) is 11.5. The van der Waals surface area contributed by atoms with Crippen LogP contribution in [0, 0.1) is 0 Å². The van der Waals surface area contributed by atoms with Crippen molar-refractivity contribution in [3.63, 3.8) is 0 Å². The molecule has 0 aliphatic carbocycles. The average Bonchev–Trinajstić information content (AvgIpc) is 2.48. The second kappa shape index (κ2) is 6.74. The van der Waals surface area contributed by atoms with Crippen molar-refractivity contribution in [2.45, 2.75) is 19.2 Å². The number of hydroxylamine groups is 1. The van der Waals surface area contributed by atoms with Gasteiger partial charge in [0.2, 0.25) is 0 Å². The lowest BCUT2D eigenvalue weighted by atomic mass is 10.0. The van der Waals surface area contributed by atoms with Crippen LogP contribution in [0.4, 0.5) is 13.2 Å². The minimum absolute atomic E-state index is 0.451. The summed E-state index contributed by atoms with van der Waals surface area (Å²) >= 11 is 0. The summed E-state index contributed by atoms with van der Waals surface area (Å²) in [5.74, 6) is 0. The topological polar surface area (TPSA) is 21.3 Å². The fourth-order valence-electron chi connectivity index (χ4n) is 1.97. The molecule has 2 aromatic rings. The number of nitrogens with one attached hydrogen (secondary N) is 1. The maximum absolute atomic E-state index is 12.6. The van der Waals surface area contributed by atoms with E-state index in [1.54, 1.807) is 0 Å². The number of benzene rings is 2. The normalized spacial score (nSPS) is 13.1. The van der Waals surface area contributed by atoms with Crippen molar-refractivity contribution in [3.05, 3.63) is 71.3 Å². The first-order valence-electron chi connectivity index (χ1n) is 6.63. The molecule has 0 heterocycles. The molecular weight excluding hydrogens is 279 g/mol. The van der Waals surface area contributed by atoms with E-state index in [0.29, 0.717) is 12.1 Å². The first-order chi connectivity index (χ1) is 10.0.